The normalized spacial score (nSPS) is 25.5. The van der Waals surface area contributed by atoms with Gasteiger partial charge in [0.2, 0.25) is 11.7 Å². The molecular formula is C18H20N4O2. The molecule has 1 amide bonds. The van der Waals surface area contributed by atoms with Crippen molar-refractivity contribution in [3.63, 3.8) is 0 Å². The van der Waals surface area contributed by atoms with E-state index in [2.05, 4.69) is 15.0 Å². The molecule has 4 rings (SSSR count). The number of rotatable bonds is 4. The Morgan fingerprint density at radius 2 is 2.04 bits per heavy atom. The van der Waals surface area contributed by atoms with Crippen LogP contribution in [-0.4, -0.2) is 45.5 Å². The number of carbonyl (C=O) groups is 1. The predicted molar refractivity (Wildman–Crippen MR) is 87.4 cm³/mol. The van der Waals surface area contributed by atoms with Crippen molar-refractivity contribution in [2.24, 2.45) is 11.3 Å². The summed E-state index contributed by atoms with van der Waals surface area (Å²) in [4.78, 5) is 26.9. The van der Waals surface area contributed by atoms with Crippen molar-refractivity contribution in [3.05, 3.63) is 48.7 Å². The van der Waals surface area contributed by atoms with Crippen molar-refractivity contribution in [1.82, 2.24) is 19.9 Å². The summed E-state index contributed by atoms with van der Waals surface area (Å²) in [6.45, 7) is 2.08. The number of pyridine rings is 1. The van der Waals surface area contributed by atoms with Crippen molar-refractivity contribution in [1.29, 1.82) is 0 Å². The maximum atomic E-state index is 12.6. The summed E-state index contributed by atoms with van der Waals surface area (Å²) in [6.07, 6.45) is 8.37. The molecule has 1 aliphatic heterocycles. The number of carbonyl (C=O) groups excluding carboxylic acids is 1. The molecule has 0 spiro atoms. The molecule has 2 aromatic rings. The molecule has 0 aromatic carbocycles. The van der Waals surface area contributed by atoms with Crippen LogP contribution in [0.2, 0.25) is 0 Å². The van der Waals surface area contributed by atoms with E-state index >= 15 is 0 Å². The van der Waals surface area contributed by atoms with E-state index in [0.717, 1.165) is 19.4 Å². The number of fused-ring (bicyclic) bond motifs is 1. The summed E-state index contributed by atoms with van der Waals surface area (Å²) in [5.74, 6) is 1.32. The molecular weight excluding hydrogens is 304 g/mol. The van der Waals surface area contributed by atoms with Gasteiger partial charge in [-0.05, 0) is 30.9 Å². The maximum Gasteiger partial charge on any atom is 0.291 e. The Morgan fingerprint density at radius 1 is 1.21 bits per heavy atom. The van der Waals surface area contributed by atoms with E-state index in [9.17, 15) is 4.79 Å². The van der Waals surface area contributed by atoms with Gasteiger partial charge in [-0.1, -0.05) is 12.5 Å². The Balaban J connectivity index is 1.48. The number of likely N-dealkylation sites (tertiary alicyclic amines) is 1. The van der Waals surface area contributed by atoms with Gasteiger partial charge in [-0.2, -0.15) is 0 Å². The lowest BCUT2D eigenvalue weighted by Gasteiger charge is -2.28. The predicted octanol–water partition coefficient (Wildman–Crippen LogP) is 2.19. The summed E-state index contributed by atoms with van der Waals surface area (Å²) >= 11 is 0. The number of amides is 1. The highest BCUT2D eigenvalue weighted by Crippen LogP contribution is 2.49. The quantitative estimate of drug-likeness (QED) is 0.862. The van der Waals surface area contributed by atoms with Gasteiger partial charge in [0, 0.05) is 43.2 Å². The SMILES string of the molecule is O=C(c1ncccn1)N1C[C@@H]2CCC[C@]2(COc2ccccn2)C1. The number of nitrogens with zero attached hydrogens (tertiary/aromatic N) is 4. The first-order valence-corrected chi connectivity index (χ1v) is 8.37. The fraction of sp³-hybridized carbons (Fsp3) is 0.444. The first kappa shape index (κ1) is 15.1. The molecule has 6 nitrogen and oxygen atoms in total. The zero-order chi connectivity index (χ0) is 16.4. The highest BCUT2D eigenvalue weighted by Gasteiger charge is 2.51. The lowest BCUT2D eigenvalue weighted by molar-refractivity contribution is 0.0733. The van der Waals surface area contributed by atoms with E-state index in [1.54, 1.807) is 24.7 Å². The zero-order valence-corrected chi connectivity index (χ0v) is 13.5. The van der Waals surface area contributed by atoms with Gasteiger partial charge in [-0.3, -0.25) is 4.79 Å². The zero-order valence-electron chi connectivity index (χ0n) is 13.5. The van der Waals surface area contributed by atoms with Crippen LogP contribution in [0.1, 0.15) is 29.9 Å². The minimum atomic E-state index is -0.0813. The molecule has 0 N–H and O–H groups in total. The van der Waals surface area contributed by atoms with Crippen LogP contribution in [0.4, 0.5) is 0 Å². The number of ether oxygens (including phenoxy) is 1. The van der Waals surface area contributed by atoms with Crippen molar-refractivity contribution < 1.29 is 9.53 Å². The summed E-state index contributed by atoms with van der Waals surface area (Å²) in [5, 5.41) is 0. The third kappa shape index (κ3) is 2.72. The first-order chi connectivity index (χ1) is 11.8. The van der Waals surface area contributed by atoms with Crippen LogP contribution >= 0.6 is 0 Å². The summed E-state index contributed by atoms with van der Waals surface area (Å²) < 4.78 is 5.95. The Bertz CT molecular complexity index is 709. The minimum Gasteiger partial charge on any atom is -0.477 e. The van der Waals surface area contributed by atoms with Crippen molar-refractivity contribution in [3.8, 4) is 5.88 Å². The summed E-state index contributed by atoms with van der Waals surface area (Å²) in [6, 6.07) is 7.39. The van der Waals surface area contributed by atoms with Crippen LogP contribution in [-0.2, 0) is 0 Å². The molecule has 2 aromatic heterocycles. The van der Waals surface area contributed by atoms with Crippen molar-refractivity contribution in [2.75, 3.05) is 19.7 Å². The molecule has 6 heteroatoms. The Morgan fingerprint density at radius 3 is 2.83 bits per heavy atom. The van der Waals surface area contributed by atoms with E-state index in [1.165, 1.54) is 6.42 Å². The first-order valence-electron chi connectivity index (χ1n) is 8.37. The minimum absolute atomic E-state index is 0.0297. The molecule has 124 valence electrons. The topological polar surface area (TPSA) is 68.2 Å². The third-order valence-electron chi connectivity index (χ3n) is 5.23. The van der Waals surface area contributed by atoms with Crippen LogP contribution in [0.5, 0.6) is 5.88 Å². The molecule has 3 heterocycles. The van der Waals surface area contributed by atoms with Crippen LogP contribution in [0.3, 0.4) is 0 Å². The molecule has 0 bridgehead atoms. The molecule has 0 unspecified atom stereocenters. The van der Waals surface area contributed by atoms with Crippen LogP contribution in [0, 0.1) is 11.3 Å². The van der Waals surface area contributed by atoms with Crippen molar-refractivity contribution in [2.45, 2.75) is 19.3 Å². The van der Waals surface area contributed by atoms with Gasteiger partial charge in [0.15, 0.2) is 0 Å². The summed E-state index contributed by atoms with van der Waals surface area (Å²) in [7, 11) is 0. The molecule has 1 aliphatic carbocycles. The van der Waals surface area contributed by atoms with Gasteiger partial charge in [0.05, 0.1) is 6.61 Å². The van der Waals surface area contributed by atoms with Gasteiger partial charge < -0.3 is 9.64 Å². The fourth-order valence-electron chi connectivity index (χ4n) is 4.01. The molecule has 1 saturated carbocycles. The van der Waals surface area contributed by atoms with Gasteiger partial charge >= 0.3 is 0 Å². The average molecular weight is 324 g/mol. The molecule has 2 aliphatic rings. The lowest BCUT2D eigenvalue weighted by atomic mass is 9.81. The van der Waals surface area contributed by atoms with Gasteiger partial charge in [0.1, 0.15) is 0 Å². The van der Waals surface area contributed by atoms with Crippen LogP contribution in [0.15, 0.2) is 42.9 Å². The second-order valence-electron chi connectivity index (χ2n) is 6.67. The van der Waals surface area contributed by atoms with Gasteiger partial charge in [-0.25, -0.2) is 15.0 Å². The maximum absolute atomic E-state index is 12.6. The molecule has 2 atom stereocenters. The molecule has 2 fully saturated rings. The highest BCUT2D eigenvalue weighted by molar-refractivity contribution is 5.90. The van der Waals surface area contributed by atoms with Gasteiger partial charge in [0.25, 0.3) is 5.91 Å². The number of hydrogen-bond acceptors (Lipinski definition) is 5. The van der Waals surface area contributed by atoms with Crippen LogP contribution in [0.25, 0.3) is 0 Å². The molecule has 24 heavy (non-hydrogen) atoms. The Kier molecular flexibility index (Phi) is 3.88. The average Bonchev–Trinajstić information content (AvgIpc) is 3.18. The van der Waals surface area contributed by atoms with E-state index in [4.69, 9.17) is 4.74 Å². The largest absolute Gasteiger partial charge is 0.477 e. The standard InChI is InChI=1S/C18H20N4O2/c23-17(16-20-9-4-10-21-16)22-11-14-5-3-7-18(14,12-22)13-24-15-6-1-2-8-19-15/h1-2,4,6,8-10,14H,3,5,7,11-13H2/t14-,18+/m0/s1. The van der Waals surface area contributed by atoms with Crippen LogP contribution < -0.4 is 4.74 Å². The van der Waals surface area contributed by atoms with Gasteiger partial charge in [-0.15, -0.1) is 0 Å². The Labute approximate surface area is 140 Å². The van der Waals surface area contributed by atoms with E-state index in [0.29, 0.717) is 24.9 Å². The Hall–Kier alpha value is -2.50. The summed E-state index contributed by atoms with van der Waals surface area (Å²) in [5.41, 5.74) is 0.0297. The van der Waals surface area contributed by atoms with E-state index in [-0.39, 0.29) is 17.1 Å². The fourth-order valence-corrected chi connectivity index (χ4v) is 4.01. The molecule has 1 saturated heterocycles. The van der Waals surface area contributed by atoms with E-state index in [1.807, 2.05) is 23.1 Å². The van der Waals surface area contributed by atoms with E-state index < -0.39 is 0 Å². The molecule has 0 radical (unpaired) electrons. The number of aromatic nitrogens is 3. The third-order valence-corrected chi connectivity index (χ3v) is 5.23. The monoisotopic (exact) mass is 324 g/mol. The van der Waals surface area contributed by atoms with Crippen molar-refractivity contribution >= 4 is 5.91 Å². The highest BCUT2D eigenvalue weighted by atomic mass is 16.5. The smallest absolute Gasteiger partial charge is 0.291 e. The number of hydrogen-bond donors (Lipinski definition) is 0. The second kappa shape index (κ2) is 6.19. The lowest BCUT2D eigenvalue weighted by Crippen LogP contribution is -2.36. The second-order valence-corrected chi connectivity index (χ2v) is 6.67.